The lowest BCUT2D eigenvalue weighted by Crippen LogP contribution is -2.50. The number of nitriles is 1. The van der Waals surface area contributed by atoms with Crippen LogP contribution in [0.4, 0.5) is 5.69 Å². The van der Waals surface area contributed by atoms with E-state index in [-0.39, 0.29) is 35.6 Å². The maximum absolute atomic E-state index is 13.2. The lowest BCUT2D eigenvalue weighted by atomic mass is 9.83. The zero-order valence-corrected chi connectivity index (χ0v) is 19.0. The molecule has 8 heteroatoms. The van der Waals surface area contributed by atoms with E-state index in [1.807, 2.05) is 47.4 Å². The Hall–Kier alpha value is -4.38. The first kappa shape index (κ1) is 22.4. The summed E-state index contributed by atoms with van der Waals surface area (Å²) in [5.41, 5.74) is 1.68. The van der Waals surface area contributed by atoms with E-state index in [1.54, 1.807) is 34.9 Å². The quantitative estimate of drug-likeness (QED) is 0.620. The topological polar surface area (TPSA) is 104 Å². The van der Waals surface area contributed by atoms with Gasteiger partial charge >= 0.3 is 0 Å². The van der Waals surface area contributed by atoms with Gasteiger partial charge in [-0.05, 0) is 60.9 Å². The molecule has 5 rings (SSSR count). The van der Waals surface area contributed by atoms with Gasteiger partial charge in [-0.15, -0.1) is 0 Å². The molecule has 0 spiro atoms. The Bertz CT molecular complexity index is 1360. The Balaban J connectivity index is 1.28. The normalized spacial score (nSPS) is 18.2. The van der Waals surface area contributed by atoms with E-state index in [9.17, 15) is 14.4 Å². The molecule has 176 valence electrons. The molecule has 35 heavy (non-hydrogen) atoms. The number of rotatable bonds is 5. The Kier molecular flexibility index (Phi) is 6.06. The van der Waals surface area contributed by atoms with E-state index >= 15 is 0 Å². The fourth-order valence-corrected chi connectivity index (χ4v) is 4.89. The summed E-state index contributed by atoms with van der Waals surface area (Å²) in [4.78, 5) is 40.4. The van der Waals surface area contributed by atoms with Gasteiger partial charge in [0, 0.05) is 36.8 Å². The molecule has 8 nitrogen and oxygen atoms in total. The van der Waals surface area contributed by atoms with Crippen LogP contribution in [-0.2, 0) is 11.3 Å². The Morgan fingerprint density at radius 3 is 2.51 bits per heavy atom. The Morgan fingerprint density at radius 1 is 1.00 bits per heavy atom. The molecule has 2 amide bonds. The number of nitrogens with one attached hydrogen (secondary N) is 1. The first-order valence-corrected chi connectivity index (χ1v) is 11.5. The number of likely N-dealkylation sites (tertiary alicyclic amines) is 1. The predicted molar refractivity (Wildman–Crippen MR) is 129 cm³/mol. The molecule has 2 aliphatic rings. The average Bonchev–Trinajstić information content (AvgIpc) is 2.89. The van der Waals surface area contributed by atoms with E-state index in [0.717, 1.165) is 12.1 Å². The molecule has 1 aromatic heterocycles. The molecular weight excluding hydrogens is 444 g/mol. The zero-order valence-electron chi connectivity index (χ0n) is 19.0. The molecule has 2 atom stereocenters. The summed E-state index contributed by atoms with van der Waals surface area (Å²) in [6.07, 6.45) is 0.916. The van der Waals surface area contributed by atoms with Crippen LogP contribution in [0.5, 0.6) is 5.75 Å². The predicted octanol–water partition coefficient (Wildman–Crippen LogP) is 3.00. The number of benzene rings is 2. The van der Waals surface area contributed by atoms with E-state index in [2.05, 4.69) is 5.32 Å². The van der Waals surface area contributed by atoms with Crippen molar-refractivity contribution in [3.8, 4) is 11.8 Å². The molecule has 0 saturated carbocycles. The number of carbonyl (C=O) groups excluding carboxylic acids is 2. The fourth-order valence-electron chi connectivity index (χ4n) is 4.89. The lowest BCUT2D eigenvalue weighted by molar-refractivity contribution is -0.136. The van der Waals surface area contributed by atoms with Gasteiger partial charge in [0.2, 0.25) is 0 Å². The minimum absolute atomic E-state index is 0.0173. The first-order chi connectivity index (χ1) is 17.0. The van der Waals surface area contributed by atoms with Crippen LogP contribution < -0.4 is 15.6 Å². The number of ether oxygens (including phenoxy) is 1. The molecule has 2 aromatic carbocycles. The second-order valence-electron chi connectivity index (χ2n) is 8.93. The number of piperidine rings is 1. The summed E-state index contributed by atoms with van der Waals surface area (Å²) in [5, 5.41) is 11.6. The highest BCUT2D eigenvalue weighted by molar-refractivity contribution is 6.04. The van der Waals surface area contributed by atoms with Gasteiger partial charge in [-0.3, -0.25) is 14.4 Å². The summed E-state index contributed by atoms with van der Waals surface area (Å²) >= 11 is 0. The number of nitrogens with zero attached hydrogens (tertiary/aromatic N) is 3. The molecule has 2 bridgehead atoms. The molecule has 1 saturated heterocycles. The second-order valence-corrected chi connectivity index (χ2v) is 8.93. The number of para-hydroxylation sites is 1. The lowest BCUT2D eigenvalue weighted by Gasteiger charge is -2.42. The summed E-state index contributed by atoms with van der Waals surface area (Å²) in [6, 6.07) is 21.0. The van der Waals surface area contributed by atoms with Crippen molar-refractivity contribution in [3.63, 3.8) is 0 Å². The maximum Gasteiger partial charge on any atom is 0.274 e. The van der Waals surface area contributed by atoms with E-state index in [1.165, 1.54) is 0 Å². The van der Waals surface area contributed by atoms with Gasteiger partial charge in [0.05, 0.1) is 11.6 Å². The number of hydrogen-bond donors (Lipinski definition) is 1. The van der Waals surface area contributed by atoms with Gasteiger partial charge in [0.25, 0.3) is 17.4 Å². The third kappa shape index (κ3) is 4.66. The van der Waals surface area contributed by atoms with Crippen molar-refractivity contribution in [1.82, 2.24) is 9.47 Å². The van der Waals surface area contributed by atoms with Crippen LogP contribution in [0.1, 0.15) is 34.0 Å². The van der Waals surface area contributed by atoms with Crippen LogP contribution in [0.3, 0.4) is 0 Å². The molecule has 1 N–H and O–H groups in total. The summed E-state index contributed by atoms with van der Waals surface area (Å²) in [6.45, 7) is 1.58. The average molecular weight is 469 g/mol. The van der Waals surface area contributed by atoms with Crippen LogP contribution in [0, 0.1) is 17.2 Å². The number of pyridine rings is 1. The highest BCUT2D eigenvalue weighted by Crippen LogP contribution is 2.35. The first-order valence-electron chi connectivity index (χ1n) is 11.5. The molecule has 0 unspecified atom stereocenters. The Labute approximate surface area is 202 Å². The van der Waals surface area contributed by atoms with Crippen LogP contribution in [-0.4, -0.2) is 41.0 Å². The van der Waals surface area contributed by atoms with Crippen LogP contribution in [0.25, 0.3) is 0 Å². The van der Waals surface area contributed by atoms with Crippen molar-refractivity contribution in [3.05, 3.63) is 93.9 Å². The number of aromatic nitrogens is 1. The largest absolute Gasteiger partial charge is 0.484 e. The van der Waals surface area contributed by atoms with Gasteiger partial charge in [-0.1, -0.05) is 18.2 Å². The number of carbonyl (C=O) groups is 2. The van der Waals surface area contributed by atoms with Gasteiger partial charge in [-0.2, -0.15) is 5.26 Å². The second kappa shape index (κ2) is 9.47. The van der Waals surface area contributed by atoms with Crippen molar-refractivity contribution in [1.29, 1.82) is 5.26 Å². The molecule has 0 radical (unpaired) electrons. The fraction of sp³-hybridized carbons (Fsp3) is 0.259. The number of fused-ring (bicyclic) bond motifs is 4. The third-order valence-electron chi connectivity index (χ3n) is 6.59. The van der Waals surface area contributed by atoms with Gasteiger partial charge in [0.15, 0.2) is 6.61 Å². The van der Waals surface area contributed by atoms with E-state index < -0.39 is 5.91 Å². The zero-order chi connectivity index (χ0) is 24.4. The minimum atomic E-state index is -0.404. The maximum atomic E-state index is 13.2. The van der Waals surface area contributed by atoms with Crippen LogP contribution in [0.15, 0.2) is 71.5 Å². The SMILES string of the molecule is N#Cc1ccc(C(=O)Nc2ccc3n(c2=O)C[C@@H]2C[C@@H]3CN(C(=O)COc3ccccc3)C2)cc1. The summed E-state index contributed by atoms with van der Waals surface area (Å²) in [7, 11) is 0. The molecule has 0 aliphatic carbocycles. The monoisotopic (exact) mass is 468 g/mol. The van der Waals surface area contributed by atoms with Crippen molar-refractivity contribution in [2.45, 2.75) is 18.9 Å². The highest BCUT2D eigenvalue weighted by atomic mass is 16.5. The van der Waals surface area contributed by atoms with Crippen molar-refractivity contribution in [2.24, 2.45) is 5.92 Å². The molecular formula is C27H24N4O4. The third-order valence-corrected chi connectivity index (χ3v) is 6.59. The minimum Gasteiger partial charge on any atom is -0.484 e. The number of amides is 2. The van der Waals surface area contributed by atoms with E-state index in [4.69, 9.17) is 10.00 Å². The van der Waals surface area contributed by atoms with Gasteiger partial charge in [0.1, 0.15) is 11.4 Å². The van der Waals surface area contributed by atoms with Crippen molar-refractivity contribution >= 4 is 17.5 Å². The number of anilines is 1. The molecule has 3 heterocycles. The molecule has 1 fully saturated rings. The molecule has 3 aromatic rings. The van der Waals surface area contributed by atoms with Crippen LogP contribution in [0.2, 0.25) is 0 Å². The molecule has 2 aliphatic heterocycles. The smallest absolute Gasteiger partial charge is 0.274 e. The number of hydrogen-bond acceptors (Lipinski definition) is 5. The van der Waals surface area contributed by atoms with Crippen molar-refractivity contribution in [2.75, 3.05) is 25.0 Å². The van der Waals surface area contributed by atoms with Gasteiger partial charge < -0.3 is 19.5 Å². The van der Waals surface area contributed by atoms with Crippen molar-refractivity contribution < 1.29 is 14.3 Å². The summed E-state index contributed by atoms with van der Waals surface area (Å²) < 4.78 is 7.36. The van der Waals surface area contributed by atoms with E-state index in [0.29, 0.717) is 36.5 Å². The van der Waals surface area contributed by atoms with Crippen LogP contribution >= 0.6 is 0 Å². The summed E-state index contributed by atoms with van der Waals surface area (Å²) in [5.74, 6) is 0.401. The highest BCUT2D eigenvalue weighted by Gasteiger charge is 2.36. The Morgan fingerprint density at radius 2 is 1.77 bits per heavy atom. The standard InChI is InChI=1S/C27H24N4O4/c28-13-18-6-8-20(9-7-18)26(33)29-23-10-11-24-21-12-19(15-31(24)27(23)34)14-30(16-21)25(32)17-35-22-4-2-1-3-5-22/h1-11,19,21H,12,14-17H2,(H,29,33)/t19-,21-/m1/s1. The van der Waals surface area contributed by atoms with Gasteiger partial charge in [-0.25, -0.2) is 0 Å².